The van der Waals surface area contributed by atoms with Gasteiger partial charge in [0.15, 0.2) is 0 Å². The zero-order valence-electron chi connectivity index (χ0n) is 13.8. The predicted molar refractivity (Wildman–Crippen MR) is 97.5 cm³/mol. The highest BCUT2D eigenvalue weighted by atomic mass is 35.5. The van der Waals surface area contributed by atoms with Gasteiger partial charge in [0.25, 0.3) is 0 Å². The van der Waals surface area contributed by atoms with Crippen LogP contribution in [0.1, 0.15) is 44.5 Å². The summed E-state index contributed by atoms with van der Waals surface area (Å²) < 4.78 is 0. The van der Waals surface area contributed by atoms with E-state index in [4.69, 9.17) is 11.6 Å². The molecule has 7 heteroatoms. The Morgan fingerprint density at radius 3 is 2.62 bits per heavy atom. The first-order chi connectivity index (χ1) is 11.3. The van der Waals surface area contributed by atoms with Crippen molar-refractivity contribution in [1.29, 1.82) is 0 Å². The molecule has 0 amide bonds. The molecule has 0 aliphatic heterocycles. The van der Waals surface area contributed by atoms with Gasteiger partial charge in [0.1, 0.15) is 15.8 Å². The number of hydrogen-bond acceptors (Lipinski definition) is 6. The summed E-state index contributed by atoms with van der Waals surface area (Å²) >= 11 is 7.50. The highest BCUT2D eigenvalue weighted by Crippen LogP contribution is 2.34. The van der Waals surface area contributed by atoms with Gasteiger partial charge in [-0.25, -0.2) is 9.97 Å². The van der Waals surface area contributed by atoms with Gasteiger partial charge >= 0.3 is 0 Å². The molecule has 2 aromatic rings. The van der Waals surface area contributed by atoms with E-state index < -0.39 is 5.60 Å². The minimum atomic E-state index is -0.962. The smallest absolute Gasteiger partial charge is 0.131 e. The lowest BCUT2D eigenvalue weighted by Gasteiger charge is -2.27. The highest BCUT2D eigenvalue weighted by molar-refractivity contribution is 7.10. The van der Waals surface area contributed by atoms with Crippen LogP contribution >= 0.6 is 22.9 Å². The Morgan fingerprint density at radius 1 is 1.29 bits per heavy atom. The zero-order chi connectivity index (χ0) is 17.3. The van der Waals surface area contributed by atoms with Crippen molar-refractivity contribution < 1.29 is 10.2 Å². The third-order valence-corrected chi connectivity index (χ3v) is 5.59. The molecular formula is C17H22ClN3O2S. The molecule has 1 aliphatic rings. The van der Waals surface area contributed by atoms with E-state index in [0.717, 1.165) is 42.6 Å². The first-order valence-electron chi connectivity index (χ1n) is 8.12. The number of nitrogens with one attached hydrogen (secondary N) is 1. The van der Waals surface area contributed by atoms with Crippen molar-refractivity contribution in [3.8, 4) is 11.3 Å². The summed E-state index contributed by atoms with van der Waals surface area (Å²) in [6, 6.07) is 2.11. The number of aliphatic hydroxyl groups excluding tert-OH is 1. The second kappa shape index (κ2) is 6.96. The molecule has 3 N–H and O–H groups in total. The maximum absolute atomic E-state index is 10.1. The average molecular weight is 368 g/mol. The molecule has 0 aromatic carbocycles. The summed E-state index contributed by atoms with van der Waals surface area (Å²) in [5.74, 6) is 0. The predicted octanol–water partition coefficient (Wildman–Crippen LogP) is 3.80. The van der Waals surface area contributed by atoms with Gasteiger partial charge in [-0.05, 0) is 45.6 Å². The quantitative estimate of drug-likeness (QED) is 0.716. The van der Waals surface area contributed by atoms with Crippen molar-refractivity contribution in [2.24, 2.45) is 0 Å². The molecule has 0 atom stereocenters. The van der Waals surface area contributed by atoms with Gasteiger partial charge in [-0.15, -0.1) is 11.3 Å². The number of anilines is 1. The van der Waals surface area contributed by atoms with Crippen molar-refractivity contribution in [3.05, 3.63) is 27.8 Å². The fourth-order valence-corrected chi connectivity index (χ4v) is 3.87. The molecule has 24 heavy (non-hydrogen) atoms. The molecule has 0 unspecified atom stereocenters. The molecular weight excluding hydrogens is 346 g/mol. The Morgan fingerprint density at radius 2 is 2.00 bits per heavy atom. The number of thiazole rings is 1. The van der Waals surface area contributed by atoms with Gasteiger partial charge in [-0.2, -0.15) is 0 Å². The van der Waals surface area contributed by atoms with E-state index in [0.29, 0.717) is 16.2 Å². The van der Waals surface area contributed by atoms with Crippen LogP contribution in [-0.2, 0) is 5.60 Å². The summed E-state index contributed by atoms with van der Waals surface area (Å²) in [6.07, 6.45) is 5.00. The number of pyridine rings is 1. The van der Waals surface area contributed by atoms with Crippen LogP contribution in [0.25, 0.3) is 11.3 Å². The first-order valence-corrected chi connectivity index (χ1v) is 9.37. The van der Waals surface area contributed by atoms with Gasteiger partial charge in [0, 0.05) is 28.9 Å². The normalized spacial score (nSPS) is 21.7. The standard InChI is InChI=1S/C17H22ClN3O2S/c1-17(2,23)16-21-14(9-24-16)12-8-19-15(18)7-13(12)20-10-3-5-11(22)6-4-10/h7-11,22-23H,3-6H2,1-2H3,(H,19,20). The van der Waals surface area contributed by atoms with Crippen molar-refractivity contribution in [3.63, 3.8) is 0 Å². The van der Waals surface area contributed by atoms with Gasteiger partial charge in [0.05, 0.1) is 11.8 Å². The molecule has 1 fully saturated rings. The largest absolute Gasteiger partial charge is 0.393 e. The van der Waals surface area contributed by atoms with Gasteiger partial charge in [-0.1, -0.05) is 11.6 Å². The Labute approximate surface area is 150 Å². The second-order valence-corrected chi connectivity index (χ2v) is 8.04. The molecule has 2 heterocycles. The monoisotopic (exact) mass is 367 g/mol. The summed E-state index contributed by atoms with van der Waals surface area (Å²) in [5.41, 5.74) is 1.58. The average Bonchev–Trinajstić information content (AvgIpc) is 3.00. The van der Waals surface area contributed by atoms with Crippen LogP contribution < -0.4 is 5.32 Å². The third kappa shape index (κ3) is 4.06. The second-order valence-electron chi connectivity index (χ2n) is 6.80. The van der Waals surface area contributed by atoms with Crippen LogP contribution in [0, 0.1) is 0 Å². The maximum Gasteiger partial charge on any atom is 0.131 e. The highest BCUT2D eigenvalue weighted by Gasteiger charge is 2.23. The number of nitrogens with zero attached hydrogens (tertiary/aromatic N) is 2. The van der Waals surface area contributed by atoms with Crippen molar-refractivity contribution in [2.75, 3.05) is 5.32 Å². The van der Waals surface area contributed by atoms with E-state index in [9.17, 15) is 10.2 Å². The van der Waals surface area contributed by atoms with E-state index in [-0.39, 0.29) is 6.10 Å². The summed E-state index contributed by atoms with van der Waals surface area (Å²) in [7, 11) is 0. The zero-order valence-corrected chi connectivity index (χ0v) is 15.4. The lowest BCUT2D eigenvalue weighted by atomic mass is 9.93. The summed E-state index contributed by atoms with van der Waals surface area (Å²) in [6.45, 7) is 3.45. The van der Waals surface area contributed by atoms with Crippen molar-refractivity contribution in [1.82, 2.24) is 9.97 Å². The van der Waals surface area contributed by atoms with E-state index in [1.165, 1.54) is 11.3 Å². The van der Waals surface area contributed by atoms with Crippen molar-refractivity contribution >= 4 is 28.6 Å². The lowest BCUT2D eigenvalue weighted by molar-refractivity contribution is 0.0783. The Kier molecular flexibility index (Phi) is 5.11. The third-order valence-electron chi connectivity index (χ3n) is 4.23. The van der Waals surface area contributed by atoms with E-state index in [1.54, 1.807) is 20.0 Å². The summed E-state index contributed by atoms with van der Waals surface area (Å²) in [4.78, 5) is 8.73. The van der Waals surface area contributed by atoms with E-state index in [1.807, 2.05) is 11.4 Å². The first kappa shape index (κ1) is 17.6. The summed E-state index contributed by atoms with van der Waals surface area (Å²) in [5, 5.41) is 26.3. The minimum Gasteiger partial charge on any atom is -0.393 e. The number of hydrogen-bond donors (Lipinski definition) is 3. The van der Waals surface area contributed by atoms with Gasteiger partial charge in [0.2, 0.25) is 0 Å². The fourth-order valence-electron chi connectivity index (χ4n) is 2.87. The maximum atomic E-state index is 10.1. The Bertz CT molecular complexity index is 706. The van der Waals surface area contributed by atoms with Gasteiger partial charge < -0.3 is 15.5 Å². The van der Waals surface area contributed by atoms with Crippen LogP contribution in [0.2, 0.25) is 5.15 Å². The molecule has 0 bridgehead atoms. The van der Waals surface area contributed by atoms with Crippen molar-refractivity contribution in [2.45, 2.75) is 57.3 Å². The number of aromatic nitrogens is 2. The van der Waals surface area contributed by atoms with Crippen LogP contribution in [0.5, 0.6) is 0 Å². The minimum absolute atomic E-state index is 0.184. The number of rotatable bonds is 4. The molecule has 0 saturated heterocycles. The Balaban J connectivity index is 1.87. The number of halogens is 1. The van der Waals surface area contributed by atoms with Crippen LogP contribution in [0.3, 0.4) is 0 Å². The topological polar surface area (TPSA) is 78.3 Å². The molecule has 130 valence electrons. The fraction of sp³-hybridized carbons (Fsp3) is 0.529. The molecule has 0 radical (unpaired) electrons. The molecule has 1 saturated carbocycles. The molecule has 5 nitrogen and oxygen atoms in total. The molecule has 0 spiro atoms. The molecule has 1 aliphatic carbocycles. The van der Waals surface area contributed by atoms with Gasteiger partial charge in [-0.3, -0.25) is 0 Å². The molecule has 3 rings (SSSR count). The molecule has 2 aromatic heterocycles. The number of aliphatic hydroxyl groups is 2. The lowest BCUT2D eigenvalue weighted by Crippen LogP contribution is -2.28. The van der Waals surface area contributed by atoms with Crippen LogP contribution in [-0.4, -0.2) is 32.3 Å². The Hall–Kier alpha value is -1.21. The van der Waals surface area contributed by atoms with E-state index in [2.05, 4.69) is 15.3 Å². The van der Waals surface area contributed by atoms with Crippen LogP contribution in [0.15, 0.2) is 17.6 Å². The van der Waals surface area contributed by atoms with Crippen LogP contribution in [0.4, 0.5) is 5.69 Å². The SMILES string of the molecule is CC(C)(O)c1nc(-c2cnc(Cl)cc2NC2CCC(O)CC2)cs1. The van der Waals surface area contributed by atoms with E-state index >= 15 is 0 Å².